The van der Waals surface area contributed by atoms with E-state index in [9.17, 15) is 14.7 Å². The zero-order chi connectivity index (χ0) is 20.5. The van der Waals surface area contributed by atoms with Crippen LogP contribution in [-0.2, 0) is 11.3 Å². The maximum absolute atomic E-state index is 12.2. The molecule has 1 aromatic carbocycles. The number of methoxy groups -OCH3 is 2. The van der Waals surface area contributed by atoms with E-state index in [0.29, 0.717) is 28.7 Å². The molecule has 0 aliphatic heterocycles. The molecular weight excluding hydrogens is 384 g/mol. The lowest BCUT2D eigenvalue weighted by atomic mass is 10.3. The van der Waals surface area contributed by atoms with Crippen LogP contribution in [0, 0.1) is 0 Å². The predicted molar refractivity (Wildman–Crippen MR) is 105 cm³/mol. The molecule has 8 nitrogen and oxygen atoms in total. The fraction of sp³-hybridized carbons (Fsp3) is 0.368. The van der Waals surface area contributed by atoms with Crippen molar-refractivity contribution < 1.29 is 28.9 Å². The van der Waals surface area contributed by atoms with Gasteiger partial charge in [0.1, 0.15) is 12.7 Å². The van der Waals surface area contributed by atoms with Crippen molar-refractivity contribution in [1.29, 1.82) is 0 Å². The molecule has 0 radical (unpaired) electrons. The maximum atomic E-state index is 12.2. The number of para-hydroxylation sites is 1. The second kappa shape index (κ2) is 10.5. The van der Waals surface area contributed by atoms with Crippen LogP contribution in [0.1, 0.15) is 21.5 Å². The minimum absolute atomic E-state index is 0.0230. The molecule has 152 valence electrons. The lowest BCUT2D eigenvalue weighted by Gasteiger charge is -2.17. The Balaban J connectivity index is 1.83. The molecule has 1 heterocycles. The lowest BCUT2D eigenvalue weighted by Crippen LogP contribution is -2.35. The maximum Gasteiger partial charge on any atom is 0.261 e. The van der Waals surface area contributed by atoms with Gasteiger partial charge in [-0.05, 0) is 24.3 Å². The Hall–Kier alpha value is -2.78. The summed E-state index contributed by atoms with van der Waals surface area (Å²) in [5, 5.41) is 15.5. The summed E-state index contributed by atoms with van der Waals surface area (Å²) in [6.07, 6.45) is -0.919. The highest BCUT2D eigenvalue weighted by Crippen LogP contribution is 2.36. The first kappa shape index (κ1) is 21.5. The third-order valence-electron chi connectivity index (χ3n) is 3.70. The van der Waals surface area contributed by atoms with Gasteiger partial charge in [0, 0.05) is 18.3 Å². The van der Waals surface area contributed by atoms with Gasteiger partial charge in [0.05, 0.1) is 25.6 Å². The number of aliphatic hydroxyl groups excluding tert-OH is 1. The van der Waals surface area contributed by atoms with E-state index in [4.69, 9.17) is 14.2 Å². The van der Waals surface area contributed by atoms with Crippen molar-refractivity contribution in [1.82, 2.24) is 10.6 Å². The van der Waals surface area contributed by atoms with Crippen LogP contribution in [0.3, 0.4) is 0 Å². The Labute approximate surface area is 167 Å². The smallest absolute Gasteiger partial charge is 0.261 e. The number of nitrogens with one attached hydrogen (secondary N) is 2. The molecule has 1 aromatic heterocycles. The second-order valence-electron chi connectivity index (χ2n) is 5.84. The molecule has 0 fully saturated rings. The number of thiophene rings is 1. The average molecular weight is 408 g/mol. The van der Waals surface area contributed by atoms with Crippen molar-refractivity contribution in [3.05, 3.63) is 40.1 Å². The first-order chi connectivity index (χ1) is 13.4. The van der Waals surface area contributed by atoms with Crippen molar-refractivity contribution in [2.45, 2.75) is 19.6 Å². The van der Waals surface area contributed by atoms with Crippen molar-refractivity contribution in [3.8, 4) is 17.2 Å². The van der Waals surface area contributed by atoms with Crippen LogP contribution in [0.4, 0.5) is 0 Å². The Morgan fingerprint density at radius 3 is 2.39 bits per heavy atom. The molecule has 0 bridgehead atoms. The van der Waals surface area contributed by atoms with Crippen molar-refractivity contribution >= 4 is 23.2 Å². The van der Waals surface area contributed by atoms with E-state index in [1.54, 1.807) is 30.3 Å². The summed E-state index contributed by atoms with van der Waals surface area (Å²) in [5.41, 5.74) is 0. The normalized spacial score (nSPS) is 11.4. The number of carbonyl (C=O) groups excluding carboxylic acids is 2. The fourth-order valence-electron chi connectivity index (χ4n) is 2.30. The first-order valence-corrected chi connectivity index (χ1v) is 9.39. The molecule has 0 saturated heterocycles. The highest BCUT2D eigenvalue weighted by molar-refractivity contribution is 7.14. The van der Waals surface area contributed by atoms with E-state index >= 15 is 0 Å². The van der Waals surface area contributed by atoms with Gasteiger partial charge < -0.3 is 30.0 Å². The van der Waals surface area contributed by atoms with Crippen LogP contribution < -0.4 is 24.8 Å². The predicted octanol–water partition coefficient (Wildman–Crippen LogP) is 1.57. The van der Waals surface area contributed by atoms with E-state index in [2.05, 4.69) is 10.6 Å². The van der Waals surface area contributed by atoms with Gasteiger partial charge in [-0.2, -0.15) is 0 Å². The fourth-order valence-corrected chi connectivity index (χ4v) is 3.17. The third kappa shape index (κ3) is 6.14. The number of rotatable bonds is 10. The molecular formula is C19H24N2O6S. The van der Waals surface area contributed by atoms with Crippen LogP contribution in [0.15, 0.2) is 30.3 Å². The third-order valence-corrected chi connectivity index (χ3v) is 4.78. The molecule has 0 aliphatic carbocycles. The highest BCUT2D eigenvalue weighted by atomic mass is 32.1. The zero-order valence-electron chi connectivity index (χ0n) is 16.0. The molecule has 1 unspecified atom stereocenters. The summed E-state index contributed by atoms with van der Waals surface area (Å²) in [5.74, 6) is 0.933. The standard InChI is InChI=1S/C19H24N2O6S/c1-12(22)20-10-14-7-8-17(28-14)19(24)21-9-13(23)11-27-18-15(25-2)5-4-6-16(18)26-3/h4-8,13,23H,9-11H2,1-3H3,(H,20,22)(H,21,24). The minimum atomic E-state index is -0.919. The van der Waals surface area contributed by atoms with E-state index in [0.717, 1.165) is 4.88 Å². The first-order valence-electron chi connectivity index (χ1n) is 8.57. The summed E-state index contributed by atoms with van der Waals surface area (Å²) in [4.78, 5) is 24.5. The van der Waals surface area contributed by atoms with Crippen LogP contribution in [0.5, 0.6) is 17.2 Å². The number of hydrogen-bond acceptors (Lipinski definition) is 7. The second-order valence-corrected chi connectivity index (χ2v) is 7.01. The number of benzene rings is 1. The van der Waals surface area contributed by atoms with E-state index in [1.807, 2.05) is 0 Å². The van der Waals surface area contributed by atoms with E-state index in [1.165, 1.54) is 32.5 Å². The summed E-state index contributed by atoms with van der Waals surface area (Å²) < 4.78 is 16.1. The number of ether oxygens (including phenoxy) is 3. The molecule has 2 aromatic rings. The average Bonchev–Trinajstić information content (AvgIpc) is 3.17. The van der Waals surface area contributed by atoms with Crippen molar-refractivity contribution in [2.75, 3.05) is 27.4 Å². The number of hydrogen-bond donors (Lipinski definition) is 3. The highest BCUT2D eigenvalue weighted by Gasteiger charge is 2.15. The van der Waals surface area contributed by atoms with Crippen molar-refractivity contribution in [2.24, 2.45) is 0 Å². The van der Waals surface area contributed by atoms with Crippen LogP contribution >= 0.6 is 11.3 Å². The molecule has 3 N–H and O–H groups in total. The van der Waals surface area contributed by atoms with Gasteiger partial charge in [-0.1, -0.05) is 6.07 Å². The molecule has 0 saturated carbocycles. The molecule has 1 atom stereocenters. The Morgan fingerprint density at radius 1 is 1.11 bits per heavy atom. The number of carbonyl (C=O) groups is 2. The number of amides is 2. The summed E-state index contributed by atoms with van der Waals surface area (Å²) in [7, 11) is 3.03. The van der Waals surface area contributed by atoms with Gasteiger partial charge in [-0.25, -0.2) is 0 Å². The molecule has 0 spiro atoms. The van der Waals surface area contributed by atoms with E-state index in [-0.39, 0.29) is 25.0 Å². The Bertz CT molecular complexity index is 785. The van der Waals surface area contributed by atoms with Gasteiger partial charge in [0.15, 0.2) is 11.5 Å². The summed E-state index contributed by atoms with van der Waals surface area (Å²) in [6.45, 7) is 1.79. The molecule has 0 aliphatic rings. The van der Waals surface area contributed by atoms with Gasteiger partial charge in [-0.3, -0.25) is 9.59 Å². The summed E-state index contributed by atoms with van der Waals surface area (Å²) in [6, 6.07) is 8.67. The molecule has 2 amide bonds. The largest absolute Gasteiger partial charge is 0.493 e. The number of aliphatic hydroxyl groups is 1. The minimum Gasteiger partial charge on any atom is -0.493 e. The Kier molecular flexibility index (Phi) is 8.09. The van der Waals surface area contributed by atoms with Gasteiger partial charge >= 0.3 is 0 Å². The monoisotopic (exact) mass is 408 g/mol. The van der Waals surface area contributed by atoms with E-state index < -0.39 is 6.10 Å². The van der Waals surface area contributed by atoms with Crippen molar-refractivity contribution in [3.63, 3.8) is 0 Å². The van der Waals surface area contributed by atoms with Crippen LogP contribution in [0.25, 0.3) is 0 Å². The lowest BCUT2D eigenvalue weighted by molar-refractivity contribution is -0.119. The topological polar surface area (TPSA) is 106 Å². The van der Waals surface area contributed by atoms with Gasteiger partial charge in [-0.15, -0.1) is 11.3 Å². The Morgan fingerprint density at radius 2 is 1.79 bits per heavy atom. The molecule has 9 heteroatoms. The quantitative estimate of drug-likeness (QED) is 0.551. The summed E-state index contributed by atoms with van der Waals surface area (Å²) >= 11 is 1.28. The molecule has 28 heavy (non-hydrogen) atoms. The SMILES string of the molecule is COc1cccc(OC)c1OCC(O)CNC(=O)c1ccc(CNC(C)=O)s1. The van der Waals surface area contributed by atoms with Gasteiger partial charge in [0.2, 0.25) is 11.7 Å². The molecule has 2 rings (SSSR count). The van der Waals surface area contributed by atoms with Gasteiger partial charge in [0.25, 0.3) is 5.91 Å². The zero-order valence-corrected chi connectivity index (χ0v) is 16.8. The van der Waals surface area contributed by atoms with Crippen LogP contribution in [0.2, 0.25) is 0 Å². The van der Waals surface area contributed by atoms with Crippen LogP contribution in [-0.4, -0.2) is 50.4 Å².